The molecule has 0 unspecified atom stereocenters. The largest absolute Gasteiger partial charge is 0.493 e. The molecule has 9 heteroatoms. The second kappa shape index (κ2) is 8.87. The second-order valence-corrected chi connectivity index (χ2v) is 6.99. The van der Waals surface area contributed by atoms with Gasteiger partial charge < -0.3 is 19.7 Å². The minimum atomic E-state index is -0.421. The first-order valence-corrected chi connectivity index (χ1v) is 9.31. The first-order chi connectivity index (χ1) is 14.3. The molecule has 1 aromatic heterocycles. The summed E-state index contributed by atoms with van der Waals surface area (Å²) in [6.07, 6.45) is 3.03. The van der Waals surface area contributed by atoms with Crippen molar-refractivity contribution >= 4 is 29.1 Å². The van der Waals surface area contributed by atoms with E-state index >= 15 is 0 Å². The number of hydrogen-bond donors (Lipinski definition) is 1. The first kappa shape index (κ1) is 21.2. The molecule has 156 valence electrons. The second-order valence-electron chi connectivity index (χ2n) is 6.56. The van der Waals surface area contributed by atoms with E-state index in [2.05, 4.69) is 10.4 Å². The number of nitrogens with one attached hydrogen (secondary N) is 1. The Hall–Kier alpha value is -3.52. The molecule has 1 N–H and O–H groups in total. The van der Waals surface area contributed by atoms with Crippen LogP contribution in [-0.4, -0.2) is 54.8 Å². The maximum absolute atomic E-state index is 12.8. The summed E-state index contributed by atoms with van der Waals surface area (Å²) in [6.45, 7) is 0. The monoisotopic (exact) mass is 428 g/mol. The molecule has 8 nitrogen and oxygen atoms in total. The average molecular weight is 429 g/mol. The zero-order chi connectivity index (χ0) is 21.8. The number of ether oxygens (including phenoxy) is 2. The summed E-state index contributed by atoms with van der Waals surface area (Å²) in [5.74, 6) is 0.0644. The third-order valence-electron chi connectivity index (χ3n) is 4.34. The minimum Gasteiger partial charge on any atom is -0.493 e. The van der Waals surface area contributed by atoms with Gasteiger partial charge in [0.1, 0.15) is 0 Å². The number of rotatable bonds is 6. The van der Waals surface area contributed by atoms with Crippen LogP contribution in [0.2, 0.25) is 5.02 Å². The van der Waals surface area contributed by atoms with Crippen molar-refractivity contribution in [3.05, 3.63) is 64.9 Å². The summed E-state index contributed by atoms with van der Waals surface area (Å²) in [7, 11) is 6.21. The molecule has 0 fully saturated rings. The fourth-order valence-electron chi connectivity index (χ4n) is 2.77. The van der Waals surface area contributed by atoms with Crippen LogP contribution < -0.4 is 14.8 Å². The van der Waals surface area contributed by atoms with E-state index in [1.165, 1.54) is 31.4 Å². The van der Waals surface area contributed by atoms with Crippen molar-refractivity contribution in [2.24, 2.45) is 0 Å². The molecular formula is C21H21ClN4O4. The van der Waals surface area contributed by atoms with Crippen LogP contribution >= 0.6 is 11.6 Å². The number of amides is 2. The standard InChI is InChI=1S/C21H21ClN4O4/c1-25(2)21(28)16-9-18(29-3)19(30-4)10-17(16)24-20(27)13-11-23-26(12-13)15-7-5-14(22)6-8-15/h5-12H,1-4H3,(H,24,27). The fraction of sp³-hybridized carbons (Fsp3) is 0.190. The van der Waals surface area contributed by atoms with E-state index in [4.69, 9.17) is 21.1 Å². The highest BCUT2D eigenvalue weighted by Crippen LogP contribution is 2.34. The lowest BCUT2D eigenvalue weighted by atomic mass is 10.1. The molecule has 0 spiro atoms. The molecule has 0 saturated heterocycles. The number of anilines is 1. The number of carbonyl (C=O) groups excluding carboxylic acids is 2. The number of methoxy groups -OCH3 is 2. The number of halogens is 1. The van der Waals surface area contributed by atoms with E-state index in [-0.39, 0.29) is 11.5 Å². The van der Waals surface area contributed by atoms with Gasteiger partial charge in [-0.05, 0) is 30.3 Å². The Labute approximate surface area is 179 Å². The van der Waals surface area contributed by atoms with Gasteiger partial charge >= 0.3 is 0 Å². The Morgan fingerprint density at radius 2 is 1.70 bits per heavy atom. The average Bonchev–Trinajstić information content (AvgIpc) is 3.23. The van der Waals surface area contributed by atoms with Gasteiger partial charge in [-0.25, -0.2) is 4.68 Å². The van der Waals surface area contributed by atoms with E-state index < -0.39 is 5.91 Å². The zero-order valence-electron chi connectivity index (χ0n) is 17.0. The topological polar surface area (TPSA) is 85.7 Å². The molecular weight excluding hydrogens is 408 g/mol. The molecule has 0 bridgehead atoms. The quantitative estimate of drug-likeness (QED) is 0.649. The Bertz CT molecular complexity index is 1080. The molecule has 0 atom stereocenters. The van der Waals surface area contributed by atoms with Crippen LogP contribution in [-0.2, 0) is 0 Å². The van der Waals surface area contributed by atoms with E-state index in [0.717, 1.165) is 5.69 Å². The molecule has 0 radical (unpaired) electrons. The summed E-state index contributed by atoms with van der Waals surface area (Å²) in [5, 5.41) is 7.59. The van der Waals surface area contributed by atoms with Crippen molar-refractivity contribution in [1.29, 1.82) is 0 Å². The van der Waals surface area contributed by atoms with Crippen LogP contribution in [0.25, 0.3) is 5.69 Å². The summed E-state index contributed by atoms with van der Waals surface area (Å²) in [6, 6.07) is 10.1. The van der Waals surface area contributed by atoms with Crippen molar-refractivity contribution in [2.45, 2.75) is 0 Å². The van der Waals surface area contributed by atoms with Crippen LogP contribution in [0.1, 0.15) is 20.7 Å². The van der Waals surface area contributed by atoms with Gasteiger partial charge in [-0.3, -0.25) is 9.59 Å². The van der Waals surface area contributed by atoms with Gasteiger partial charge in [0.25, 0.3) is 11.8 Å². The molecule has 3 aromatic rings. The van der Waals surface area contributed by atoms with Crippen LogP contribution in [0.4, 0.5) is 5.69 Å². The van der Waals surface area contributed by atoms with Crippen molar-refractivity contribution in [2.75, 3.05) is 33.6 Å². The van der Waals surface area contributed by atoms with Crippen molar-refractivity contribution in [3.8, 4) is 17.2 Å². The molecule has 3 rings (SSSR count). The SMILES string of the molecule is COc1cc(NC(=O)c2cnn(-c3ccc(Cl)cc3)c2)c(C(=O)N(C)C)cc1OC. The summed E-state index contributed by atoms with van der Waals surface area (Å²) < 4.78 is 12.1. The third-order valence-corrected chi connectivity index (χ3v) is 4.60. The van der Waals surface area contributed by atoms with Crippen molar-refractivity contribution in [1.82, 2.24) is 14.7 Å². The molecule has 0 aliphatic carbocycles. The van der Waals surface area contributed by atoms with Gasteiger partial charge in [-0.2, -0.15) is 5.10 Å². The zero-order valence-corrected chi connectivity index (χ0v) is 17.7. The third kappa shape index (κ3) is 4.38. The highest BCUT2D eigenvalue weighted by Gasteiger charge is 2.21. The van der Waals surface area contributed by atoms with E-state index in [0.29, 0.717) is 27.8 Å². The van der Waals surface area contributed by atoms with Crippen LogP contribution in [0.15, 0.2) is 48.8 Å². The minimum absolute atomic E-state index is 0.274. The van der Waals surface area contributed by atoms with Crippen LogP contribution in [0, 0.1) is 0 Å². The Balaban J connectivity index is 1.92. The van der Waals surface area contributed by atoms with Gasteiger partial charge in [-0.15, -0.1) is 0 Å². The molecule has 2 aromatic carbocycles. The van der Waals surface area contributed by atoms with E-state index in [1.54, 1.807) is 55.3 Å². The molecule has 1 heterocycles. The highest BCUT2D eigenvalue weighted by atomic mass is 35.5. The van der Waals surface area contributed by atoms with Gasteiger partial charge in [-0.1, -0.05) is 11.6 Å². The fourth-order valence-corrected chi connectivity index (χ4v) is 2.90. The summed E-state index contributed by atoms with van der Waals surface area (Å²) >= 11 is 5.91. The molecule has 2 amide bonds. The number of carbonyl (C=O) groups is 2. The Morgan fingerprint density at radius 3 is 2.30 bits per heavy atom. The maximum Gasteiger partial charge on any atom is 0.258 e. The Kier molecular flexibility index (Phi) is 6.27. The lowest BCUT2D eigenvalue weighted by Crippen LogP contribution is -2.24. The van der Waals surface area contributed by atoms with Crippen molar-refractivity contribution < 1.29 is 19.1 Å². The summed E-state index contributed by atoms with van der Waals surface area (Å²) in [4.78, 5) is 26.9. The predicted molar refractivity (Wildman–Crippen MR) is 114 cm³/mol. The number of nitrogens with zero attached hydrogens (tertiary/aromatic N) is 3. The normalized spacial score (nSPS) is 10.4. The van der Waals surface area contributed by atoms with Gasteiger partial charge in [0.15, 0.2) is 11.5 Å². The van der Waals surface area contributed by atoms with Crippen molar-refractivity contribution in [3.63, 3.8) is 0 Å². The molecule has 0 saturated carbocycles. The first-order valence-electron chi connectivity index (χ1n) is 8.93. The summed E-state index contributed by atoms with van der Waals surface area (Å²) in [5.41, 5.74) is 1.66. The molecule has 0 aliphatic heterocycles. The van der Waals surface area contributed by atoms with Gasteiger partial charge in [0.05, 0.1) is 42.9 Å². The molecule has 0 aliphatic rings. The van der Waals surface area contributed by atoms with E-state index in [1.807, 2.05) is 0 Å². The lowest BCUT2D eigenvalue weighted by molar-refractivity contribution is 0.0828. The van der Waals surface area contributed by atoms with Crippen LogP contribution in [0.3, 0.4) is 0 Å². The highest BCUT2D eigenvalue weighted by molar-refractivity contribution is 6.30. The van der Waals surface area contributed by atoms with E-state index in [9.17, 15) is 9.59 Å². The van der Waals surface area contributed by atoms with Gasteiger partial charge in [0.2, 0.25) is 0 Å². The Morgan fingerprint density at radius 1 is 1.07 bits per heavy atom. The van der Waals surface area contributed by atoms with Crippen LogP contribution in [0.5, 0.6) is 11.5 Å². The number of aromatic nitrogens is 2. The number of benzene rings is 2. The maximum atomic E-state index is 12.8. The predicted octanol–water partition coefficient (Wildman–Crippen LogP) is 3.50. The van der Waals surface area contributed by atoms with Gasteiger partial charge in [0, 0.05) is 31.4 Å². The molecule has 30 heavy (non-hydrogen) atoms. The lowest BCUT2D eigenvalue weighted by Gasteiger charge is -2.17. The number of hydrogen-bond acceptors (Lipinski definition) is 5. The smallest absolute Gasteiger partial charge is 0.258 e.